The fourth-order valence-corrected chi connectivity index (χ4v) is 3.17. The molecule has 2 rings (SSSR count). The molecule has 0 aromatic carbocycles. The highest BCUT2D eigenvalue weighted by atomic mass is 19.4. The maximum Gasteiger partial charge on any atom is 0.392 e. The van der Waals surface area contributed by atoms with Crippen LogP contribution in [0.15, 0.2) is 0 Å². The molecule has 0 aliphatic heterocycles. The van der Waals surface area contributed by atoms with E-state index in [0.29, 0.717) is 32.2 Å². The van der Waals surface area contributed by atoms with Crippen LogP contribution in [-0.4, -0.2) is 30.3 Å². The number of halogens is 3. The quantitative estimate of drug-likeness (QED) is 0.818. The Hall–Kier alpha value is -0.780. The Morgan fingerprint density at radius 2 is 1.90 bits per heavy atom. The van der Waals surface area contributed by atoms with Crippen LogP contribution in [0.3, 0.4) is 0 Å². The molecule has 2 fully saturated rings. The molecule has 0 aromatic rings. The predicted molar refractivity (Wildman–Crippen MR) is 67.9 cm³/mol. The lowest BCUT2D eigenvalue weighted by Gasteiger charge is -2.32. The molecular weight excluding hydrogens is 271 g/mol. The van der Waals surface area contributed by atoms with Gasteiger partial charge in [-0.2, -0.15) is 13.2 Å². The maximum absolute atomic E-state index is 12.9. The molecule has 0 bridgehead atoms. The number of hydrogen-bond donors (Lipinski definition) is 2. The number of carbonyl (C=O) groups is 1. The van der Waals surface area contributed by atoms with Gasteiger partial charge in [0.25, 0.3) is 0 Å². The molecule has 0 spiro atoms. The monoisotopic (exact) mass is 293 g/mol. The lowest BCUT2D eigenvalue weighted by atomic mass is 9.78. The first kappa shape index (κ1) is 15.6. The Morgan fingerprint density at radius 1 is 1.25 bits per heavy atom. The Labute approximate surface area is 116 Å². The minimum Gasteiger partial charge on any atom is -0.396 e. The first-order valence-electron chi connectivity index (χ1n) is 7.33. The summed E-state index contributed by atoms with van der Waals surface area (Å²) < 4.78 is 38.8. The highest BCUT2D eigenvalue weighted by Crippen LogP contribution is 2.48. The van der Waals surface area contributed by atoms with Crippen LogP contribution in [0.1, 0.15) is 44.9 Å². The van der Waals surface area contributed by atoms with Gasteiger partial charge in [0, 0.05) is 19.1 Å². The number of alkyl halides is 3. The van der Waals surface area contributed by atoms with E-state index in [1.54, 1.807) is 0 Å². The average molecular weight is 293 g/mol. The number of aliphatic hydroxyl groups excluding tert-OH is 1. The molecular formula is C14H22F3NO2. The summed E-state index contributed by atoms with van der Waals surface area (Å²) in [7, 11) is 0. The topological polar surface area (TPSA) is 49.3 Å². The Bertz CT molecular complexity index is 353. The molecule has 2 atom stereocenters. The zero-order valence-electron chi connectivity index (χ0n) is 11.5. The summed E-state index contributed by atoms with van der Waals surface area (Å²) in [5, 5.41) is 11.6. The first-order chi connectivity index (χ1) is 9.38. The van der Waals surface area contributed by atoms with E-state index in [1.807, 2.05) is 0 Å². The molecule has 0 saturated heterocycles. The molecule has 0 aromatic heterocycles. The van der Waals surface area contributed by atoms with Gasteiger partial charge in [0.2, 0.25) is 5.91 Å². The van der Waals surface area contributed by atoms with Crippen molar-refractivity contribution in [2.45, 2.75) is 51.1 Å². The number of aliphatic hydroxyl groups is 1. The zero-order chi connectivity index (χ0) is 14.8. The van der Waals surface area contributed by atoms with Crippen LogP contribution in [0.4, 0.5) is 13.2 Å². The SMILES string of the molecule is O=C(NCC1(CCO)CC1)C1CCCCC1C(F)(F)F. The summed E-state index contributed by atoms with van der Waals surface area (Å²) >= 11 is 0. The van der Waals surface area contributed by atoms with E-state index < -0.39 is 23.9 Å². The summed E-state index contributed by atoms with van der Waals surface area (Å²) in [5.74, 6) is -2.89. The van der Waals surface area contributed by atoms with Gasteiger partial charge in [0.15, 0.2) is 0 Å². The Balaban J connectivity index is 1.90. The van der Waals surface area contributed by atoms with Crippen molar-refractivity contribution >= 4 is 5.91 Å². The van der Waals surface area contributed by atoms with E-state index in [0.717, 1.165) is 12.8 Å². The normalized spacial score (nSPS) is 29.0. The maximum atomic E-state index is 12.9. The lowest BCUT2D eigenvalue weighted by molar-refractivity contribution is -0.198. The lowest BCUT2D eigenvalue weighted by Crippen LogP contribution is -2.44. The molecule has 1 amide bonds. The third-order valence-electron chi connectivity index (χ3n) is 4.76. The second-order valence-corrected chi connectivity index (χ2v) is 6.23. The molecule has 20 heavy (non-hydrogen) atoms. The first-order valence-corrected chi connectivity index (χ1v) is 7.33. The standard InChI is InChI=1S/C14H22F3NO2/c15-14(16,17)11-4-2-1-3-10(11)12(20)18-9-13(5-6-13)7-8-19/h10-11,19H,1-9H2,(H,18,20). The molecule has 2 aliphatic carbocycles. The fourth-order valence-electron chi connectivity index (χ4n) is 3.17. The molecule has 3 nitrogen and oxygen atoms in total. The van der Waals surface area contributed by atoms with Gasteiger partial charge in [-0.3, -0.25) is 4.79 Å². The number of nitrogens with one attached hydrogen (secondary N) is 1. The molecule has 2 unspecified atom stereocenters. The summed E-state index contributed by atoms with van der Waals surface area (Å²) in [6, 6.07) is 0. The van der Waals surface area contributed by atoms with Crippen LogP contribution in [0.25, 0.3) is 0 Å². The van der Waals surface area contributed by atoms with E-state index in [2.05, 4.69) is 5.32 Å². The summed E-state index contributed by atoms with van der Waals surface area (Å²) in [5.41, 5.74) is -0.0627. The van der Waals surface area contributed by atoms with Crippen molar-refractivity contribution < 1.29 is 23.1 Å². The van der Waals surface area contributed by atoms with E-state index in [4.69, 9.17) is 5.11 Å². The van der Waals surface area contributed by atoms with Crippen molar-refractivity contribution in [2.75, 3.05) is 13.2 Å². The third kappa shape index (κ3) is 3.65. The van der Waals surface area contributed by atoms with E-state index >= 15 is 0 Å². The summed E-state index contributed by atoms with van der Waals surface area (Å²) in [6.45, 7) is 0.456. The second kappa shape index (κ2) is 5.92. The van der Waals surface area contributed by atoms with Gasteiger partial charge in [-0.15, -0.1) is 0 Å². The minimum absolute atomic E-state index is 0.0589. The van der Waals surface area contributed by atoms with Crippen LogP contribution in [0, 0.1) is 17.3 Å². The van der Waals surface area contributed by atoms with Gasteiger partial charge in [-0.05, 0) is 37.5 Å². The van der Waals surface area contributed by atoms with Crippen LogP contribution in [-0.2, 0) is 4.79 Å². The van der Waals surface area contributed by atoms with E-state index in [1.165, 1.54) is 0 Å². The van der Waals surface area contributed by atoms with Gasteiger partial charge < -0.3 is 10.4 Å². The van der Waals surface area contributed by atoms with Gasteiger partial charge in [0.1, 0.15) is 0 Å². The largest absolute Gasteiger partial charge is 0.396 e. The van der Waals surface area contributed by atoms with Crippen molar-refractivity contribution in [3.05, 3.63) is 0 Å². The van der Waals surface area contributed by atoms with Crippen molar-refractivity contribution in [3.63, 3.8) is 0 Å². The smallest absolute Gasteiger partial charge is 0.392 e. The summed E-state index contributed by atoms with van der Waals surface area (Å²) in [6.07, 6.45) is -0.199. The Morgan fingerprint density at radius 3 is 2.45 bits per heavy atom. The minimum atomic E-state index is -4.29. The van der Waals surface area contributed by atoms with Crippen molar-refractivity contribution in [3.8, 4) is 0 Å². The Kier molecular flexibility index (Phi) is 4.62. The van der Waals surface area contributed by atoms with Crippen LogP contribution in [0.5, 0.6) is 0 Å². The third-order valence-corrected chi connectivity index (χ3v) is 4.76. The fraction of sp³-hybridized carbons (Fsp3) is 0.929. The molecule has 2 N–H and O–H groups in total. The highest BCUT2D eigenvalue weighted by molar-refractivity contribution is 5.79. The second-order valence-electron chi connectivity index (χ2n) is 6.23. The predicted octanol–water partition coefficient (Wildman–Crippen LogP) is 2.63. The zero-order valence-corrected chi connectivity index (χ0v) is 11.5. The number of amides is 1. The van der Waals surface area contributed by atoms with Crippen LogP contribution < -0.4 is 5.32 Å². The van der Waals surface area contributed by atoms with E-state index in [-0.39, 0.29) is 18.4 Å². The summed E-state index contributed by atoms with van der Waals surface area (Å²) in [4.78, 5) is 12.1. The molecule has 2 aliphatic rings. The molecule has 116 valence electrons. The van der Waals surface area contributed by atoms with Gasteiger partial charge in [-0.1, -0.05) is 12.8 Å². The molecule has 0 radical (unpaired) electrons. The van der Waals surface area contributed by atoms with Gasteiger partial charge in [-0.25, -0.2) is 0 Å². The molecule has 6 heteroatoms. The van der Waals surface area contributed by atoms with Crippen molar-refractivity contribution in [1.82, 2.24) is 5.32 Å². The molecule has 0 heterocycles. The van der Waals surface area contributed by atoms with Crippen molar-refractivity contribution in [2.24, 2.45) is 17.3 Å². The van der Waals surface area contributed by atoms with E-state index in [9.17, 15) is 18.0 Å². The van der Waals surface area contributed by atoms with Gasteiger partial charge >= 0.3 is 6.18 Å². The number of rotatable bonds is 5. The van der Waals surface area contributed by atoms with Crippen LogP contribution in [0.2, 0.25) is 0 Å². The average Bonchev–Trinajstić information content (AvgIpc) is 3.16. The highest BCUT2D eigenvalue weighted by Gasteiger charge is 2.49. The van der Waals surface area contributed by atoms with Crippen LogP contribution >= 0.6 is 0 Å². The number of carbonyl (C=O) groups excluding carboxylic acids is 1. The van der Waals surface area contributed by atoms with Gasteiger partial charge in [0.05, 0.1) is 5.92 Å². The van der Waals surface area contributed by atoms with Crippen molar-refractivity contribution in [1.29, 1.82) is 0 Å². The number of hydrogen-bond acceptors (Lipinski definition) is 2. The molecule has 2 saturated carbocycles.